The van der Waals surface area contributed by atoms with Gasteiger partial charge in [0.05, 0.1) is 7.11 Å². The summed E-state index contributed by atoms with van der Waals surface area (Å²) in [5.74, 6) is 1.67. The maximum absolute atomic E-state index is 5.32. The SMILES string of the molecule is COc1ccccc1CCNC(C)C(C)C. The quantitative estimate of drug-likeness (QED) is 0.797. The fourth-order valence-electron chi connectivity index (χ4n) is 1.58. The van der Waals surface area contributed by atoms with Crippen molar-refractivity contribution in [3.8, 4) is 5.75 Å². The van der Waals surface area contributed by atoms with E-state index in [9.17, 15) is 0 Å². The third kappa shape index (κ3) is 3.86. The summed E-state index contributed by atoms with van der Waals surface area (Å²) in [6.45, 7) is 7.70. The second-order valence-corrected chi connectivity index (χ2v) is 4.55. The van der Waals surface area contributed by atoms with E-state index in [1.165, 1.54) is 5.56 Å². The lowest BCUT2D eigenvalue weighted by atomic mass is 10.1. The number of benzene rings is 1. The first kappa shape index (κ1) is 13.0. The molecule has 0 amide bonds. The Labute approximate surface area is 99.0 Å². The van der Waals surface area contributed by atoms with Crippen LogP contribution in [0.4, 0.5) is 0 Å². The molecule has 1 N–H and O–H groups in total. The van der Waals surface area contributed by atoms with Gasteiger partial charge in [0, 0.05) is 6.04 Å². The van der Waals surface area contributed by atoms with Crippen LogP contribution in [0, 0.1) is 5.92 Å². The largest absolute Gasteiger partial charge is 0.496 e. The maximum atomic E-state index is 5.32. The standard InChI is InChI=1S/C14H23NO/c1-11(2)12(3)15-10-9-13-7-5-6-8-14(13)16-4/h5-8,11-12,15H,9-10H2,1-4H3. The van der Waals surface area contributed by atoms with Crippen molar-refractivity contribution in [2.75, 3.05) is 13.7 Å². The Hall–Kier alpha value is -1.02. The van der Waals surface area contributed by atoms with Crippen LogP contribution in [0.15, 0.2) is 24.3 Å². The number of ether oxygens (including phenoxy) is 1. The highest BCUT2D eigenvalue weighted by atomic mass is 16.5. The van der Waals surface area contributed by atoms with Gasteiger partial charge in [-0.15, -0.1) is 0 Å². The lowest BCUT2D eigenvalue weighted by Gasteiger charge is -2.17. The molecule has 0 heterocycles. The molecule has 0 aromatic heterocycles. The summed E-state index contributed by atoms with van der Waals surface area (Å²) in [5, 5.41) is 3.53. The second kappa shape index (κ2) is 6.54. The van der Waals surface area contributed by atoms with Crippen LogP contribution in [0.1, 0.15) is 26.3 Å². The predicted octanol–water partition coefficient (Wildman–Crippen LogP) is 2.87. The van der Waals surface area contributed by atoms with Crippen molar-refractivity contribution < 1.29 is 4.74 Å². The predicted molar refractivity (Wildman–Crippen MR) is 69.0 cm³/mol. The van der Waals surface area contributed by atoms with Crippen LogP contribution in [0.5, 0.6) is 5.75 Å². The monoisotopic (exact) mass is 221 g/mol. The number of nitrogens with one attached hydrogen (secondary N) is 1. The van der Waals surface area contributed by atoms with Crippen LogP contribution in [0.2, 0.25) is 0 Å². The molecule has 1 aromatic carbocycles. The first-order chi connectivity index (χ1) is 7.65. The van der Waals surface area contributed by atoms with Crippen LogP contribution in [0.3, 0.4) is 0 Å². The highest BCUT2D eigenvalue weighted by Gasteiger charge is 2.06. The van der Waals surface area contributed by atoms with E-state index >= 15 is 0 Å². The van der Waals surface area contributed by atoms with E-state index < -0.39 is 0 Å². The zero-order valence-corrected chi connectivity index (χ0v) is 10.8. The molecule has 0 aliphatic rings. The number of para-hydroxylation sites is 1. The summed E-state index contributed by atoms with van der Waals surface area (Å²) in [4.78, 5) is 0. The molecule has 1 atom stereocenters. The molecule has 0 saturated heterocycles. The summed E-state index contributed by atoms with van der Waals surface area (Å²) in [7, 11) is 1.73. The molecule has 2 heteroatoms. The van der Waals surface area contributed by atoms with E-state index in [2.05, 4.69) is 38.2 Å². The molecule has 1 rings (SSSR count). The Kier molecular flexibility index (Phi) is 5.33. The molecule has 0 radical (unpaired) electrons. The van der Waals surface area contributed by atoms with Crippen molar-refractivity contribution in [1.29, 1.82) is 0 Å². The molecule has 1 unspecified atom stereocenters. The highest BCUT2D eigenvalue weighted by Crippen LogP contribution is 2.17. The molecule has 0 saturated carbocycles. The number of methoxy groups -OCH3 is 1. The Bertz CT molecular complexity index is 309. The zero-order chi connectivity index (χ0) is 12.0. The second-order valence-electron chi connectivity index (χ2n) is 4.55. The van der Waals surface area contributed by atoms with Gasteiger partial charge in [-0.25, -0.2) is 0 Å². The average molecular weight is 221 g/mol. The van der Waals surface area contributed by atoms with Gasteiger partial charge in [-0.3, -0.25) is 0 Å². The van der Waals surface area contributed by atoms with Crippen molar-refractivity contribution in [3.05, 3.63) is 29.8 Å². The summed E-state index contributed by atoms with van der Waals surface area (Å²) in [5.41, 5.74) is 1.27. The van der Waals surface area contributed by atoms with Gasteiger partial charge in [0.15, 0.2) is 0 Å². The minimum absolute atomic E-state index is 0.565. The summed E-state index contributed by atoms with van der Waals surface area (Å²) < 4.78 is 5.32. The van der Waals surface area contributed by atoms with Crippen LogP contribution < -0.4 is 10.1 Å². The molecule has 1 aromatic rings. The van der Waals surface area contributed by atoms with E-state index in [0.29, 0.717) is 12.0 Å². The average Bonchev–Trinajstić information content (AvgIpc) is 2.29. The Morgan fingerprint density at radius 2 is 1.88 bits per heavy atom. The molecule has 0 aliphatic heterocycles. The van der Waals surface area contributed by atoms with Crippen molar-refractivity contribution in [3.63, 3.8) is 0 Å². The first-order valence-electron chi connectivity index (χ1n) is 6.00. The van der Waals surface area contributed by atoms with Crippen molar-refractivity contribution in [2.24, 2.45) is 5.92 Å². The van der Waals surface area contributed by atoms with Gasteiger partial charge < -0.3 is 10.1 Å². The number of rotatable bonds is 6. The molecule has 0 fully saturated rings. The third-order valence-corrected chi connectivity index (χ3v) is 3.05. The van der Waals surface area contributed by atoms with Gasteiger partial charge >= 0.3 is 0 Å². The topological polar surface area (TPSA) is 21.3 Å². The van der Waals surface area contributed by atoms with Gasteiger partial charge in [-0.05, 0) is 37.4 Å². The van der Waals surface area contributed by atoms with Crippen molar-refractivity contribution in [1.82, 2.24) is 5.32 Å². The highest BCUT2D eigenvalue weighted by molar-refractivity contribution is 5.33. The van der Waals surface area contributed by atoms with Crippen molar-refractivity contribution in [2.45, 2.75) is 33.2 Å². The Balaban J connectivity index is 2.42. The van der Waals surface area contributed by atoms with Gasteiger partial charge in [0.1, 0.15) is 5.75 Å². The summed E-state index contributed by atoms with van der Waals surface area (Å²) in [6.07, 6.45) is 1.01. The minimum Gasteiger partial charge on any atom is -0.496 e. The molecule has 0 aliphatic carbocycles. The summed E-state index contributed by atoms with van der Waals surface area (Å²) in [6, 6.07) is 8.77. The molecule has 2 nitrogen and oxygen atoms in total. The van der Waals surface area contributed by atoms with Gasteiger partial charge in [0.2, 0.25) is 0 Å². The molecular weight excluding hydrogens is 198 g/mol. The number of hydrogen-bond acceptors (Lipinski definition) is 2. The minimum atomic E-state index is 0.565. The Morgan fingerprint density at radius 1 is 1.19 bits per heavy atom. The summed E-state index contributed by atoms with van der Waals surface area (Å²) >= 11 is 0. The maximum Gasteiger partial charge on any atom is 0.122 e. The van der Waals surface area contributed by atoms with E-state index in [1.54, 1.807) is 7.11 Å². The first-order valence-corrected chi connectivity index (χ1v) is 6.00. The van der Waals surface area contributed by atoms with Gasteiger partial charge in [-0.2, -0.15) is 0 Å². The van der Waals surface area contributed by atoms with E-state index in [1.807, 2.05) is 12.1 Å². The number of hydrogen-bond donors (Lipinski definition) is 1. The van der Waals surface area contributed by atoms with E-state index in [-0.39, 0.29) is 0 Å². The van der Waals surface area contributed by atoms with Crippen LogP contribution in [-0.2, 0) is 6.42 Å². The van der Waals surface area contributed by atoms with Gasteiger partial charge in [-0.1, -0.05) is 32.0 Å². The fraction of sp³-hybridized carbons (Fsp3) is 0.571. The fourth-order valence-corrected chi connectivity index (χ4v) is 1.58. The van der Waals surface area contributed by atoms with Crippen molar-refractivity contribution >= 4 is 0 Å². The molecule has 0 bridgehead atoms. The molecule has 90 valence electrons. The Morgan fingerprint density at radius 3 is 2.50 bits per heavy atom. The molecule has 0 spiro atoms. The van der Waals surface area contributed by atoms with Gasteiger partial charge in [0.25, 0.3) is 0 Å². The third-order valence-electron chi connectivity index (χ3n) is 3.05. The lowest BCUT2D eigenvalue weighted by Crippen LogP contribution is -2.32. The van der Waals surface area contributed by atoms with E-state index in [4.69, 9.17) is 4.74 Å². The smallest absolute Gasteiger partial charge is 0.122 e. The normalized spacial score (nSPS) is 12.8. The van der Waals surface area contributed by atoms with E-state index in [0.717, 1.165) is 18.7 Å². The molecule has 16 heavy (non-hydrogen) atoms. The lowest BCUT2D eigenvalue weighted by molar-refractivity contribution is 0.404. The van der Waals surface area contributed by atoms with Crippen LogP contribution >= 0.6 is 0 Å². The van der Waals surface area contributed by atoms with Crippen LogP contribution in [0.25, 0.3) is 0 Å². The van der Waals surface area contributed by atoms with Crippen LogP contribution in [-0.4, -0.2) is 19.7 Å². The molecular formula is C14H23NO. The zero-order valence-electron chi connectivity index (χ0n) is 10.8.